The molecule has 0 bridgehead atoms. The lowest BCUT2D eigenvalue weighted by molar-refractivity contribution is -0.218. The molecule has 7 heteroatoms. The molecule has 0 fully saturated rings. The molecule has 35 heavy (non-hydrogen) atoms. The fraction of sp³-hybridized carbons (Fsp3) is 0.179. The zero-order valence-corrected chi connectivity index (χ0v) is 21.6. The summed E-state index contributed by atoms with van der Waals surface area (Å²) in [5.41, 5.74) is 5.76. The summed E-state index contributed by atoms with van der Waals surface area (Å²) in [7, 11) is -3.92. The van der Waals surface area contributed by atoms with Crippen LogP contribution < -0.4 is 5.11 Å². The van der Waals surface area contributed by atoms with Crippen LogP contribution in [-0.4, -0.2) is 20.1 Å². The van der Waals surface area contributed by atoms with Crippen LogP contribution in [0.5, 0.6) is 0 Å². The standard InChI is InChI=1S/C28H27NO3S3/c30-27(29-35(31,32)28-11-6-19-34-28)17-16-24-9-4-5-10-26(24)25-14-12-23(13-15-25)21-33-20-18-22-7-2-1-3-8-22/h1-15,19H,16-18,20-21H2,(H,29,30)/p-1. The van der Waals surface area contributed by atoms with Gasteiger partial charge in [-0.25, -0.2) is 0 Å². The lowest BCUT2D eigenvalue weighted by atomic mass is 9.96. The highest BCUT2D eigenvalue weighted by Crippen LogP contribution is 2.26. The molecule has 1 aromatic heterocycles. The van der Waals surface area contributed by atoms with E-state index in [9.17, 15) is 13.5 Å². The number of thiophene rings is 1. The number of benzene rings is 3. The normalized spacial score (nSPS) is 12.1. The van der Waals surface area contributed by atoms with Gasteiger partial charge >= 0.3 is 0 Å². The van der Waals surface area contributed by atoms with E-state index in [4.69, 9.17) is 0 Å². The van der Waals surface area contributed by atoms with Crippen molar-refractivity contribution in [3.05, 3.63) is 113 Å². The summed E-state index contributed by atoms with van der Waals surface area (Å²) in [5, 5.41) is 13.9. The highest BCUT2D eigenvalue weighted by atomic mass is 32.2. The van der Waals surface area contributed by atoms with Crippen LogP contribution in [0.25, 0.3) is 11.1 Å². The van der Waals surface area contributed by atoms with Crippen LogP contribution in [0.2, 0.25) is 0 Å². The third kappa shape index (κ3) is 7.31. The van der Waals surface area contributed by atoms with E-state index in [1.807, 2.05) is 42.1 Å². The third-order valence-corrected chi connectivity index (χ3v) is 9.21. The number of thioether (sulfide) groups is 1. The Kier molecular flexibility index (Phi) is 8.79. The largest absolute Gasteiger partial charge is 0.861 e. The molecule has 4 rings (SSSR count). The molecule has 1 heterocycles. The maximum absolute atomic E-state index is 12.3. The summed E-state index contributed by atoms with van der Waals surface area (Å²) >= 11 is 2.98. The maximum Gasteiger partial charge on any atom is 0.290 e. The molecule has 0 aliphatic rings. The second-order valence-electron chi connectivity index (χ2n) is 8.03. The predicted octanol–water partition coefficient (Wildman–Crippen LogP) is 5.97. The van der Waals surface area contributed by atoms with Crippen LogP contribution in [-0.2, 0) is 28.6 Å². The molecule has 0 saturated heterocycles. The minimum atomic E-state index is -3.92. The Bertz CT molecular complexity index is 1350. The Labute approximate surface area is 215 Å². The fourth-order valence-corrected chi connectivity index (χ4v) is 6.57. The first-order valence-corrected chi connectivity index (χ1v) is 14.8. The van der Waals surface area contributed by atoms with Gasteiger partial charge in [-0.3, -0.25) is 0 Å². The van der Waals surface area contributed by atoms with Gasteiger partial charge < -0.3 is 5.11 Å². The van der Waals surface area contributed by atoms with Crippen molar-refractivity contribution in [1.82, 2.24) is 0 Å². The second kappa shape index (κ2) is 12.2. The third-order valence-electron chi connectivity index (χ3n) is 5.51. The molecular formula is C28H26NO3S3-. The van der Waals surface area contributed by atoms with Crippen LogP contribution in [0.1, 0.15) is 23.1 Å². The number of hydrogen-bond donors (Lipinski definition) is 0. The first-order chi connectivity index (χ1) is 17.0. The van der Waals surface area contributed by atoms with Gasteiger partial charge in [-0.2, -0.15) is 24.6 Å². The van der Waals surface area contributed by atoms with Gasteiger partial charge in [-0.1, -0.05) is 84.9 Å². The topological polar surface area (TPSA) is 69.6 Å². The Morgan fingerprint density at radius 3 is 2.31 bits per heavy atom. The van der Waals surface area contributed by atoms with Crippen molar-refractivity contribution in [2.75, 3.05) is 5.75 Å². The van der Waals surface area contributed by atoms with Crippen LogP contribution in [0.15, 0.2) is 105 Å². The van der Waals surface area contributed by atoms with Crippen molar-refractivity contribution in [2.24, 2.45) is 4.40 Å². The Morgan fingerprint density at radius 2 is 1.57 bits per heavy atom. The molecule has 180 valence electrons. The second-order valence-corrected chi connectivity index (χ2v) is 11.9. The summed E-state index contributed by atoms with van der Waals surface area (Å²) in [6.45, 7) is 0. The number of sulfonamides is 1. The van der Waals surface area contributed by atoms with Gasteiger partial charge in [0.2, 0.25) is 0 Å². The summed E-state index contributed by atoms with van der Waals surface area (Å²) < 4.78 is 28.0. The Balaban J connectivity index is 1.35. The highest BCUT2D eigenvalue weighted by Gasteiger charge is 2.13. The fourth-order valence-electron chi connectivity index (χ4n) is 3.70. The van der Waals surface area contributed by atoms with Gasteiger partial charge in [-0.05, 0) is 70.2 Å². The molecule has 0 saturated carbocycles. The minimum absolute atomic E-state index is 0.0394. The highest BCUT2D eigenvalue weighted by molar-refractivity contribution is 7.98. The average molecular weight is 521 g/mol. The van der Waals surface area contributed by atoms with Gasteiger partial charge in [0.05, 0.1) is 0 Å². The van der Waals surface area contributed by atoms with Crippen LogP contribution in [0.4, 0.5) is 0 Å². The van der Waals surface area contributed by atoms with Gasteiger partial charge in [0.25, 0.3) is 10.0 Å². The van der Waals surface area contributed by atoms with Crippen molar-refractivity contribution in [1.29, 1.82) is 0 Å². The zero-order chi connectivity index (χ0) is 24.5. The van der Waals surface area contributed by atoms with E-state index < -0.39 is 15.9 Å². The van der Waals surface area contributed by atoms with E-state index in [2.05, 4.69) is 52.9 Å². The molecular weight excluding hydrogens is 495 g/mol. The average Bonchev–Trinajstić information content (AvgIpc) is 3.43. The molecule has 4 nitrogen and oxygen atoms in total. The van der Waals surface area contributed by atoms with Crippen molar-refractivity contribution < 1.29 is 13.5 Å². The Hall–Kier alpha value is -2.87. The number of aryl methyl sites for hydroxylation is 2. The van der Waals surface area contributed by atoms with Crippen LogP contribution in [0, 0.1) is 0 Å². The van der Waals surface area contributed by atoms with Crippen molar-refractivity contribution >= 4 is 39.0 Å². The van der Waals surface area contributed by atoms with Gasteiger partial charge in [0.1, 0.15) is 4.21 Å². The van der Waals surface area contributed by atoms with Gasteiger partial charge in [0, 0.05) is 5.75 Å². The van der Waals surface area contributed by atoms with E-state index >= 15 is 0 Å². The number of rotatable bonds is 11. The summed E-state index contributed by atoms with van der Waals surface area (Å²) in [5.74, 6) is 1.41. The van der Waals surface area contributed by atoms with E-state index in [1.165, 1.54) is 17.2 Å². The quantitative estimate of drug-likeness (QED) is 0.139. The monoisotopic (exact) mass is 520 g/mol. The number of hydrogen-bond acceptors (Lipinski definition) is 5. The summed E-state index contributed by atoms with van der Waals surface area (Å²) in [4.78, 5) is 0. The molecule has 0 aliphatic heterocycles. The van der Waals surface area contributed by atoms with Crippen LogP contribution >= 0.6 is 23.1 Å². The van der Waals surface area contributed by atoms with Crippen molar-refractivity contribution in [2.45, 2.75) is 29.2 Å². The van der Waals surface area contributed by atoms with E-state index in [0.29, 0.717) is 6.42 Å². The molecule has 0 amide bonds. The number of nitrogens with zero attached hydrogens (tertiary/aromatic N) is 1. The zero-order valence-electron chi connectivity index (χ0n) is 19.2. The first kappa shape index (κ1) is 25.2. The molecule has 0 spiro atoms. The molecule has 3 aromatic carbocycles. The van der Waals surface area contributed by atoms with E-state index in [1.54, 1.807) is 11.4 Å². The molecule has 4 aromatic rings. The SMILES string of the molecule is O=S(=O)(/N=C(/[O-])CCc1ccccc1-c1ccc(CSCCc2ccccc2)cc1)c1cccs1. The molecule has 0 atom stereocenters. The first-order valence-electron chi connectivity index (χ1n) is 11.3. The summed E-state index contributed by atoms with van der Waals surface area (Å²) in [6, 6.07) is 30.0. The van der Waals surface area contributed by atoms with E-state index in [0.717, 1.165) is 46.0 Å². The van der Waals surface area contributed by atoms with Gasteiger partial charge in [-0.15, -0.1) is 11.3 Å². The lowest BCUT2D eigenvalue weighted by Crippen LogP contribution is -2.20. The maximum atomic E-state index is 12.3. The van der Waals surface area contributed by atoms with Gasteiger partial charge in [0.15, 0.2) is 0 Å². The van der Waals surface area contributed by atoms with E-state index in [-0.39, 0.29) is 10.6 Å². The smallest absolute Gasteiger partial charge is 0.290 e. The van der Waals surface area contributed by atoms with Crippen molar-refractivity contribution in [3.8, 4) is 11.1 Å². The lowest BCUT2D eigenvalue weighted by Gasteiger charge is -2.13. The molecule has 0 aliphatic carbocycles. The Morgan fingerprint density at radius 1 is 0.829 bits per heavy atom. The van der Waals surface area contributed by atoms with Crippen LogP contribution in [0.3, 0.4) is 0 Å². The summed E-state index contributed by atoms with van der Waals surface area (Å²) in [6.07, 6.45) is 1.53. The van der Waals surface area contributed by atoms with Crippen molar-refractivity contribution in [3.63, 3.8) is 0 Å². The molecule has 0 N–H and O–H groups in total. The molecule has 0 unspecified atom stereocenters. The minimum Gasteiger partial charge on any atom is -0.861 e. The predicted molar refractivity (Wildman–Crippen MR) is 145 cm³/mol. The molecule has 0 radical (unpaired) electrons.